The average molecular weight is 758 g/mol. The summed E-state index contributed by atoms with van der Waals surface area (Å²) in [5.74, 6) is -0.0735. The predicted octanol–water partition coefficient (Wildman–Crippen LogP) is -3.63. The van der Waals surface area contributed by atoms with E-state index in [1.165, 1.54) is 23.0 Å². The first-order chi connectivity index (χ1) is 22.4. The molecule has 5 rings (SSSR count). The van der Waals surface area contributed by atoms with Gasteiger partial charge in [0.25, 0.3) is 21.9 Å². The number of nitrogens with zero attached hydrogens (tertiary/aromatic N) is 5. The molecule has 27 heteroatoms. The number of nitrogens with two attached hydrogens (primary N) is 2. The Morgan fingerprint density at radius 1 is 1.08 bits per heavy atom. The van der Waals surface area contributed by atoms with Crippen LogP contribution in [0.3, 0.4) is 0 Å². The van der Waals surface area contributed by atoms with Gasteiger partial charge in [-0.15, -0.1) is 0 Å². The third-order valence-corrected chi connectivity index (χ3v) is 10.3. The van der Waals surface area contributed by atoms with E-state index in [0.29, 0.717) is 5.56 Å². The van der Waals surface area contributed by atoms with Crippen molar-refractivity contribution in [1.82, 2.24) is 19.5 Å². The number of nitrogen functional groups attached to an aromatic ring is 1. The van der Waals surface area contributed by atoms with Gasteiger partial charge in [-0.25, -0.2) is 23.8 Å². The summed E-state index contributed by atoms with van der Waals surface area (Å²) in [6.07, 6.45) is -8.82. The van der Waals surface area contributed by atoms with Gasteiger partial charge in [0.1, 0.15) is 47.4 Å². The predicted molar refractivity (Wildman–Crippen MR) is 153 cm³/mol. The van der Waals surface area contributed by atoms with Crippen molar-refractivity contribution in [2.75, 3.05) is 18.9 Å². The summed E-state index contributed by atoms with van der Waals surface area (Å²) in [6, 6.07) is 3.05. The molecule has 11 atom stereocenters. The Kier molecular flexibility index (Phi) is 10.8. The number of hydrogen-bond donors (Lipinski definition) is 7. The molecule has 2 saturated heterocycles. The molecule has 0 aliphatic carbocycles. The van der Waals surface area contributed by atoms with Crippen molar-refractivity contribution in [2.24, 2.45) is 5.73 Å². The highest BCUT2D eigenvalue weighted by molar-refractivity contribution is 7.80. The summed E-state index contributed by atoms with van der Waals surface area (Å²) < 4.78 is 68.6. The second kappa shape index (κ2) is 14.1. The molecule has 0 saturated carbocycles. The molecular formula is C21H27N7O16P3S-. The molecule has 3 aromatic rings. The zero-order valence-corrected chi connectivity index (χ0v) is 27.4. The number of fused-ring (bicyclic) bond motifs is 1. The lowest BCUT2D eigenvalue weighted by Crippen LogP contribution is -2.46. The number of aliphatic hydroxyl groups is 3. The topological polar surface area (TPSA) is 353 Å². The van der Waals surface area contributed by atoms with E-state index in [1.807, 2.05) is 0 Å². The number of ether oxygens (including phenoxy) is 2. The van der Waals surface area contributed by atoms with Gasteiger partial charge in [0.2, 0.25) is 0 Å². The number of rotatable bonds is 13. The fourth-order valence-corrected chi connectivity index (χ4v) is 7.83. The van der Waals surface area contributed by atoms with Crippen LogP contribution in [-0.2, 0) is 41.1 Å². The van der Waals surface area contributed by atoms with Crippen LogP contribution in [0.1, 0.15) is 18.0 Å². The number of aromatic nitrogens is 5. The van der Waals surface area contributed by atoms with Crippen LogP contribution in [0.5, 0.6) is 0 Å². The lowest BCUT2D eigenvalue weighted by molar-refractivity contribution is -0.765. The number of imidazole rings is 1. The maximum atomic E-state index is 12.7. The maximum Gasteiger partial charge on any atom is 0.478 e. The molecule has 0 radical (unpaired) electrons. The Bertz CT molecular complexity index is 1820. The number of pyridine rings is 1. The molecule has 11 unspecified atom stereocenters. The molecule has 0 bridgehead atoms. The summed E-state index contributed by atoms with van der Waals surface area (Å²) in [4.78, 5) is 55.4. The van der Waals surface area contributed by atoms with Gasteiger partial charge < -0.3 is 64.9 Å². The van der Waals surface area contributed by atoms with Gasteiger partial charge in [0.05, 0.1) is 25.1 Å². The summed E-state index contributed by atoms with van der Waals surface area (Å²) in [5, 5.41) is 31.3. The summed E-state index contributed by atoms with van der Waals surface area (Å²) >= 11 is 4.92. The quantitative estimate of drug-likeness (QED) is 0.0502. The van der Waals surface area contributed by atoms with Crippen LogP contribution in [-0.4, -0.2) is 99.5 Å². The first-order valence-electron chi connectivity index (χ1n) is 13.3. The molecule has 2 aliphatic heterocycles. The average Bonchev–Trinajstić information content (AvgIpc) is 3.65. The molecule has 264 valence electrons. The van der Waals surface area contributed by atoms with Gasteiger partial charge >= 0.3 is 7.82 Å². The zero-order chi connectivity index (χ0) is 35.2. The van der Waals surface area contributed by atoms with Gasteiger partial charge in [-0.05, 0) is 6.07 Å². The second-order valence-electron chi connectivity index (χ2n) is 10.2. The monoisotopic (exact) mass is 758 g/mol. The fraction of sp³-hybridized carbons (Fsp3) is 0.476. The van der Waals surface area contributed by atoms with Gasteiger partial charge in [0, 0.05) is 6.07 Å². The molecule has 0 aromatic carbocycles. The molecule has 5 heterocycles. The normalized spacial score (nSPS) is 31.3. The third kappa shape index (κ3) is 8.12. The van der Waals surface area contributed by atoms with E-state index in [0.717, 1.165) is 17.2 Å². The van der Waals surface area contributed by atoms with Crippen LogP contribution in [0, 0.1) is 0 Å². The smallest absolute Gasteiger partial charge is 0.478 e. The number of aliphatic hydroxyl groups excluding tert-OH is 3. The van der Waals surface area contributed by atoms with Crippen LogP contribution in [0.2, 0.25) is 0 Å². The van der Waals surface area contributed by atoms with Crippen molar-refractivity contribution in [2.45, 2.75) is 49.1 Å². The Morgan fingerprint density at radius 2 is 1.81 bits per heavy atom. The summed E-state index contributed by atoms with van der Waals surface area (Å²) in [5.41, 5.74) is 11.7. The van der Waals surface area contributed by atoms with E-state index >= 15 is 0 Å². The van der Waals surface area contributed by atoms with Crippen molar-refractivity contribution < 1.29 is 80.5 Å². The van der Waals surface area contributed by atoms with Crippen molar-refractivity contribution in [3.63, 3.8) is 0 Å². The van der Waals surface area contributed by atoms with Crippen LogP contribution in [0.4, 0.5) is 5.82 Å². The first-order valence-corrected chi connectivity index (χ1v) is 18.2. The van der Waals surface area contributed by atoms with Crippen molar-refractivity contribution in [1.29, 1.82) is 0 Å². The minimum atomic E-state index is -5.86. The lowest BCUT2D eigenvalue weighted by Gasteiger charge is -2.29. The van der Waals surface area contributed by atoms with E-state index in [-0.39, 0.29) is 22.0 Å². The van der Waals surface area contributed by atoms with E-state index < -0.39 is 85.8 Å². The van der Waals surface area contributed by atoms with Gasteiger partial charge in [-0.2, -0.15) is 4.57 Å². The van der Waals surface area contributed by atoms with E-state index in [4.69, 9.17) is 37.7 Å². The van der Waals surface area contributed by atoms with Crippen LogP contribution >= 0.6 is 35.7 Å². The Hall–Kier alpha value is -2.44. The van der Waals surface area contributed by atoms with Crippen molar-refractivity contribution >= 4 is 57.7 Å². The maximum absolute atomic E-state index is 12.7. The standard InChI is InChI=1S/C21H28N7O16P3S/c22-17-12-19(25-7-24-17)28(8-26-12)21-16(42-45(32,33)34)13(30)11(41-21)6-39-46(35,36)44-47(37,38)43-15-10(5-29)40-20(14(15)31)27-3-1-2-9(4-27)18(23)48/h1-4,7-8,10-11,13-16,20-21,29-31H,5-6H2,(H7-,22,23,24,25,32,33,34,35,36,37,38,48)/p-1. The highest BCUT2D eigenvalue weighted by atomic mass is 32.1. The molecular weight excluding hydrogens is 731 g/mol. The molecule has 9 N–H and O–H groups in total. The number of hydrogen-bond acceptors (Lipinski definition) is 19. The molecule has 0 spiro atoms. The second-order valence-corrected chi connectivity index (χ2v) is 14.7. The van der Waals surface area contributed by atoms with Crippen LogP contribution in [0.15, 0.2) is 37.2 Å². The summed E-state index contributed by atoms with van der Waals surface area (Å²) in [7, 11) is -17.0. The minimum Gasteiger partial charge on any atom is -0.756 e. The minimum absolute atomic E-state index is 0.00219. The van der Waals surface area contributed by atoms with Gasteiger partial charge in [0.15, 0.2) is 36.2 Å². The molecule has 3 aromatic heterocycles. The molecule has 48 heavy (non-hydrogen) atoms. The molecule has 0 amide bonds. The summed E-state index contributed by atoms with van der Waals surface area (Å²) in [6.45, 7) is -1.99. The van der Waals surface area contributed by atoms with Gasteiger partial charge in [-0.1, -0.05) is 12.2 Å². The highest BCUT2D eigenvalue weighted by Gasteiger charge is 2.52. The molecule has 2 fully saturated rings. The van der Waals surface area contributed by atoms with E-state index in [2.05, 4.69) is 28.3 Å². The highest BCUT2D eigenvalue weighted by Crippen LogP contribution is 2.60. The van der Waals surface area contributed by atoms with E-state index in [1.54, 1.807) is 6.07 Å². The van der Waals surface area contributed by atoms with Gasteiger partial charge in [-0.3, -0.25) is 18.2 Å². The Balaban J connectivity index is 1.27. The van der Waals surface area contributed by atoms with E-state index in [9.17, 15) is 48.6 Å². The molecule has 2 aliphatic rings. The third-order valence-electron chi connectivity index (χ3n) is 6.97. The number of anilines is 1. The lowest BCUT2D eigenvalue weighted by atomic mass is 10.1. The fourth-order valence-electron chi connectivity index (χ4n) is 4.93. The number of thiocarbonyl (C=S) groups is 1. The van der Waals surface area contributed by atoms with Crippen LogP contribution < -0.4 is 25.8 Å². The van der Waals surface area contributed by atoms with Crippen molar-refractivity contribution in [3.8, 4) is 0 Å². The van der Waals surface area contributed by atoms with Crippen LogP contribution in [0.25, 0.3) is 11.2 Å². The Labute approximate surface area is 274 Å². The largest absolute Gasteiger partial charge is 0.756 e. The number of phosphoric ester groups is 3. The van der Waals surface area contributed by atoms with Crippen molar-refractivity contribution in [3.05, 3.63) is 42.7 Å². The SMILES string of the molecule is NC(=S)c1ccc[n+](C2OC(CO)C(OP(=O)([O-])OP(=O)(O)OCC3OC(n4cnc5c(N)ncnc54)C(OP(=O)([O-])O)C3O)C2O)c1. The Morgan fingerprint density at radius 3 is 2.48 bits per heavy atom. The number of phosphoric acid groups is 3. The molecule has 23 nitrogen and oxygen atoms in total. The zero-order valence-electron chi connectivity index (χ0n) is 23.9. The first kappa shape index (κ1) is 36.8.